The van der Waals surface area contributed by atoms with Crippen LogP contribution in [0.4, 0.5) is 0 Å². The Hall–Kier alpha value is -3.84. The molecule has 0 saturated heterocycles. The number of nitrogens with zero attached hydrogens (tertiary/aromatic N) is 1. The lowest BCUT2D eigenvalue weighted by molar-refractivity contribution is 0.0273. The first-order chi connectivity index (χ1) is 14.2. The van der Waals surface area contributed by atoms with Crippen LogP contribution in [0.3, 0.4) is 0 Å². The third-order valence-electron chi connectivity index (χ3n) is 4.14. The van der Waals surface area contributed by atoms with Gasteiger partial charge in [0.15, 0.2) is 0 Å². The van der Waals surface area contributed by atoms with Crippen LogP contribution in [0.25, 0.3) is 0 Å². The molecule has 1 aromatic heterocycles. The van der Waals surface area contributed by atoms with Crippen LogP contribution in [0.15, 0.2) is 84.9 Å². The molecular formula is C22H18N2O5. The van der Waals surface area contributed by atoms with Crippen molar-refractivity contribution in [2.45, 2.75) is 6.10 Å². The summed E-state index contributed by atoms with van der Waals surface area (Å²) in [4.78, 5) is 21.0. The maximum absolute atomic E-state index is 11.4. The lowest BCUT2D eigenvalue weighted by Gasteiger charge is -2.09. The monoisotopic (exact) mass is 390 g/mol. The smallest absolute Gasteiger partial charge is 0.356 e. The maximum Gasteiger partial charge on any atom is 0.356 e. The van der Waals surface area contributed by atoms with E-state index in [0.29, 0.717) is 11.6 Å². The van der Waals surface area contributed by atoms with E-state index in [4.69, 9.17) is 14.3 Å². The lowest BCUT2D eigenvalue weighted by atomic mass is 10.1. The number of nitrogens with one attached hydrogen (secondary N) is 1. The molecule has 1 unspecified atom stereocenters. The number of para-hydroxylation sites is 1. The Morgan fingerprint density at radius 1 is 0.931 bits per heavy atom. The van der Waals surface area contributed by atoms with Gasteiger partial charge in [0.2, 0.25) is 5.88 Å². The number of ether oxygens (including phenoxy) is 3. The molecule has 1 aliphatic heterocycles. The van der Waals surface area contributed by atoms with Crippen LogP contribution in [-0.4, -0.2) is 18.1 Å². The third-order valence-corrected chi connectivity index (χ3v) is 4.14. The molecule has 0 fully saturated rings. The topological polar surface area (TPSA) is 78.9 Å². The Bertz CT molecular complexity index is 1000. The van der Waals surface area contributed by atoms with E-state index in [1.807, 2.05) is 54.6 Å². The zero-order valence-electron chi connectivity index (χ0n) is 15.6. The van der Waals surface area contributed by atoms with Gasteiger partial charge in [-0.05, 0) is 42.0 Å². The zero-order valence-corrected chi connectivity index (χ0v) is 15.6. The van der Waals surface area contributed by atoms with Gasteiger partial charge in [-0.1, -0.05) is 30.3 Å². The summed E-state index contributed by atoms with van der Waals surface area (Å²) in [6.45, 7) is 0. The Balaban J connectivity index is 1.38. The highest BCUT2D eigenvalue weighted by atomic mass is 16.7. The number of benzene rings is 2. The summed E-state index contributed by atoms with van der Waals surface area (Å²) in [6.07, 6.45) is 2.94. The molecule has 0 radical (unpaired) electrons. The van der Waals surface area contributed by atoms with Gasteiger partial charge in [0.1, 0.15) is 29.0 Å². The van der Waals surface area contributed by atoms with E-state index in [2.05, 4.69) is 15.2 Å². The minimum Gasteiger partial charge on any atom is -0.464 e. The first-order valence-electron chi connectivity index (χ1n) is 8.90. The Kier molecular flexibility index (Phi) is 5.40. The molecule has 7 heteroatoms. The van der Waals surface area contributed by atoms with Crippen molar-refractivity contribution in [3.8, 4) is 17.2 Å². The Morgan fingerprint density at radius 2 is 1.66 bits per heavy atom. The van der Waals surface area contributed by atoms with Crippen LogP contribution in [0.5, 0.6) is 17.2 Å². The fraction of sp³-hybridized carbons (Fsp3) is 0.0909. The number of methoxy groups -OCH3 is 1. The average Bonchev–Trinajstić information content (AvgIpc) is 3.23. The molecule has 2 heterocycles. The number of pyridine rings is 1. The van der Waals surface area contributed by atoms with Crippen LogP contribution < -0.4 is 15.0 Å². The molecule has 7 nitrogen and oxygen atoms in total. The fourth-order valence-electron chi connectivity index (χ4n) is 2.69. The van der Waals surface area contributed by atoms with Crippen molar-refractivity contribution in [1.82, 2.24) is 10.5 Å². The molecule has 1 atom stereocenters. The van der Waals surface area contributed by atoms with Crippen LogP contribution in [0, 0.1) is 0 Å². The average molecular weight is 390 g/mol. The molecule has 0 bridgehead atoms. The SMILES string of the molecule is COC(=O)c1ccc(OC2=CC(c3ccc(Oc4ccccc4)cc3)ON2)cn1. The standard InChI is InChI=1S/C22H18N2O5/c1-26-22(25)19-12-11-18(14-23-19)28-21-13-20(29-24-21)15-7-9-17(10-8-15)27-16-5-3-2-4-6-16/h2-14,20,24H,1H3. The summed E-state index contributed by atoms with van der Waals surface area (Å²) < 4.78 is 16.1. The summed E-state index contributed by atoms with van der Waals surface area (Å²) in [6, 6.07) is 20.4. The minimum absolute atomic E-state index is 0.208. The third kappa shape index (κ3) is 4.53. The molecule has 0 aliphatic carbocycles. The van der Waals surface area contributed by atoms with Crippen LogP contribution in [-0.2, 0) is 9.57 Å². The van der Waals surface area contributed by atoms with E-state index in [1.165, 1.54) is 19.4 Å². The summed E-state index contributed by atoms with van der Waals surface area (Å²) in [5, 5.41) is 0. The predicted molar refractivity (Wildman–Crippen MR) is 104 cm³/mol. The number of hydrogen-bond donors (Lipinski definition) is 1. The predicted octanol–water partition coefficient (Wildman–Crippen LogP) is 4.16. The first-order valence-corrected chi connectivity index (χ1v) is 8.90. The quantitative estimate of drug-likeness (QED) is 0.633. The van der Waals surface area contributed by atoms with Gasteiger partial charge >= 0.3 is 5.97 Å². The highest BCUT2D eigenvalue weighted by Crippen LogP contribution is 2.28. The van der Waals surface area contributed by atoms with Crippen molar-refractivity contribution < 1.29 is 23.8 Å². The van der Waals surface area contributed by atoms with E-state index in [1.54, 1.807) is 12.1 Å². The number of carbonyl (C=O) groups excluding carboxylic acids is 1. The zero-order chi connectivity index (χ0) is 20.1. The van der Waals surface area contributed by atoms with Gasteiger partial charge in [0.25, 0.3) is 0 Å². The number of hydroxylamine groups is 1. The molecule has 3 aromatic rings. The lowest BCUT2D eigenvalue weighted by Crippen LogP contribution is -2.12. The van der Waals surface area contributed by atoms with Crippen molar-refractivity contribution in [3.63, 3.8) is 0 Å². The molecule has 0 amide bonds. The summed E-state index contributed by atoms with van der Waals surface area (Å²) in [7, 11) is 1.31. The van der Waals surface area contributed by atoms with E-state index < -0.39 is 5.97 Å². The van der Waals surface area contributed by atoms with Crippen molar-refractivity contribution in [2.75, 3.05) is 7.11 Å². The van der Waals surface area contributed by atoms with Gasteiger partial charge in [-0.2, -0.15) is 0 Å². The van der Waals surface area contributed by atoms with Crippen molar-refractivity contribution in [3.05, 3.63) is 96.1 Å². The maximum atomic E-state index is 11.4. The van der Waals surface area contributed by atoms with E-state index in [9.17, 15) is 4.79 Å². The molecule has 4 rings (SSSR count). The second-order valence-corrected chi connectivity index (χ2v) is 6.13. The van der Waals surface area contributed by atoms with E-state index in [0.717, 1.165) is 17.1 Å². The second-order valence-electron chi connectivity index (χ2n) is 6.13. The molecule has 146 valence electrons. The van der Waals surface area contributed by atoms with Gasteiger partial charge in [-0.3, -0.25) is 4.84 Å². The normalized spacial score (nSPS) is 15.2. The molecular weight excluding hydrogens is 372 g/mol. The second kappa shape index (κ2) is 8.45. The largest absolute Gasteiger partial charge is 0.464 e. The molecule has 1 N–H and O–H groups in total. The summed E-state index contributed by atoms with van der Waals surface area (Å²) in [5.74, 6) is 1.92. The Labute approximate surface area is 167 Å². The van der Waals surface area contributed by atoms with Gasteiger partial charge < -0.3 is 14.2 Å². The van der Waals surface area contributed by atoms with Crippen molar-refractivity contribution >= 4 is 5.97 Å². The van der Waals surface area contributed by atoms with Crippen LogP contribution >= 0.6 is 0 Å². The highest BCUT2D eigenvalue weighted by molar-refractivity contribution is 5.87. The van der Waals surface area contributed by atoms with Crippen LogP contribution in [0.1, 0.15) is 22.2 Å². The summed E-state index contributed by atoms with van der Waals surface area (Å²) >= 11 is 0. The van der Waals surface area contributed by atoms with Gasteiger partial charge in [0, 0.05) is 6.08 Å². The number of esters is 1. The first kappa shape index (κ1) is 18.5. The highest BCUT2D eigenvalue weighted by Gasteiger charge is 2.20. The fourth-order valence-corrected chi connectivity index (χ4v) is 2.69. The van der Waals surface area contributed by atoms with E-state index in [-0.39, 0.29) is 11.8 Å². The number of hydrogen-bond acceptors (Lipinski definition) is 7. The van der Waals surface area contributed by atoms with Crippen molar-refractivity contribution in [2.24, 2.45) is 0 Å². The number of aromatic nitrogens is 1. The summed E-state index contributed by atoms with van der Waals surface area (Å²) in [5.41, 5.74) is 3.89. The minimum atomic E-state index is -0.502. The number of rotatable bonds is 6. The molecule has 2 aromatic carbocycles. The molecule has 0 saturated carbocycles. The van der Waals surface area contributed by atoms with Gasteiger partial charge in [-0.15, -0.1) is 0 Å². The van der Waals surface area contributed by atoms with Gasteiger partial charge in [0.05, 0.1) is 13.3 Å². The van der Waals surface area contributed by atoms with Gasteiger partial charge in [-0.25, -0.2) is 15.3 Å². The Morgan fingerprint density at radius 3 is 2.34 bits per heavy atom. The number of carbonyl (C=O) groups is 1. The molecule has 0 spiro atoms. The molecule has 29 heavy (non-hydrogen) atoms. The van der Waals surface area contributed by atoms with Crippen LogP contribution in [0.2, 0.25) is 0 Å². The molecule has 1 aliphatic rings. The van der Waals surface area contributed by atoms with E-state index >= 15 is 0 Å². The van der Waals surface area contributed by atoms with Crippen molar-refractivity contribution in [1.29, 1.82) is 0 Å².